The van der Waals surface area contributed by atoms with Crippen LogP contribution in [0.4, 0.5) is 0 Å². The highest BCUT2D eigenvalue weighted by atomic mass is 127. The molecule has 5 heteroatoms. The van der Waals surface area contributed by atoms with E-state index < -0.39 is 11.9 Å². The van der Waals surface area contributed by atoms with E-state index in [1.165, 1.54) is 6.07 Å². The van der Waals surface area contributed by atoms with Crippen molar-refractivity contribution in [3.63, 3.8) is 0 Å². The highest BCUT2D eigenvalue weighted by Gasteiger charge is 2.14. The lowest BCUT2D eigenvalue weighted by atomic mass is 10.2. The molecule has 0 saturated heterocycles. The highest BCUT2D eigenvalue weighted by Crippen LogP contribution is 2.18. The summed E-state index contributed by atoms with van der Waals surface area (Å²) in [5.74, 6) is -0.303. The number of carbonyl (C=O) groups is 2. The van der Waals surface area contributed by atoms with E-state index in [0.717, 1.165) is 3.57 Å². The number of esters is 2. The molecule has 0 saturated carbocycles. The van der Waals surface area contributed by atoms with Crippen molar-refractivity contribution in [2.45, 2.75) is 13.8 Å². The van der Waals surface area contributed by atoms with Crippen molar-refractivity contribution in [3.05, 3.63) is 63.2 Å². The van der Waals surface area contributed by atoms with E-state index in [-0.39, 0.29) is 5.92 Å². The molecule has 0 aliphatic heterocycles. The molecule has 23 heavy (non-hydrogen) atoms. The Morgan fingerprint density at radius 1 is 1.04 bits per heavy atom. The molecule has 0 spiro atoms. The molecular formula is C18H17IO4. The zero-order chi connectivity index (χ0) is 16.8. The van der Waals surface area contributed by atoms with E-state index in [0.29, 0.717) is 23.5 Å². The summed E-state index contributed by atoms with van der Waals surface area (Å²) >= 11 is 2.08. The summed E-state index contributed by atoms with van der Waals surface area (Å²) in [6, 6.07) is 13.6. The van der Waals surface area contributed by atoms with Crippen LogP contribution in [0, 0.1) is 9.49 Å². The normalized spacial score (nSPS) is 10.4. The third kappa shape index (κ3) is 5.06. The maximum absolute atomic E-state index is 12.2. The Balaban J connectivity index is 2.09. The molecule has 0 fully saturated rings. The summed E-state index contributed by atoms with van der Waals surface area (Å²) in [6.45, 7) is 4.28. The third-order valence-electron chi connectivity index (χ3n) is 2.92. The lowest BCUT2D eigenvalue weighted by molar-refractivity contribution is 0.0457. The first-order valence-corrected chi connectivity index (χ1v) is 8.29. The zero-order valence-corrected chi connectivity index (χ0v) is 15.1. The maximum Gasteiger partial charge on any atom is 0.344 e. The first-order valence-electron chi connectivity index (χ1n) is 7.21. The van der Waals surface area contributed by atoms with Gasteiger partial charge in [-0.15, -0.1) is 0 Å². The summed E-state index contributed by atoms with van der Waals surface area (Å²) in [5, 5.41) is 0. The van der Waals surface area contributed by atoms with Crippen molar-refractivity contribution >= 4 is 34.5 Å². The molecular weight excluding hydrogens is 407 g/mol. The molecule has 2 aromatic rings. The van der Waals surface area contributed by atoms with Gasteiger partial charge < -0.3 is 9.47 Å². The van der Waals surface area contributed by atoms with Gasteiger partial charge >= 0.3 is 11.9 Å². The second kappa shape index (κ2) is 8.10. The monoisotopic (exact) mass is 424 g/mol. The summed E-state index contributed by atoms with van der Waals surface area (Å²) < 4.78 is 11.3. The van der Waals surface area contributed by atoms with Gasteiger partial charge in [-0.25, -0.2) is 9.59 Å². The number of ether oxygens (including phenoxy) is 2. The first-order chi connectivity index (χ1) is 11.0. The molecule has 0 unspecified atom stereocenters. The van der Waals surface area contributed by atoms with Gasteiger partial charge in [-0.2, -0.15) is 0 Å². The fourth-order valence-corrected chi connectivity index (χ4v) is 2.41. The van der Waals surface area contributed by atoms with E-state index in [4.69, 9.17) is 9.47 Å². The van der Waals surface area contributed by atoms with E-state index >= 15 is 0 Å². The van der Waals surface area contributed by atoms with Crippen LogP contribution < -0.4 is 4.74 Å². The molecule has 0 radical (unpaired) electrons. The molecule has 4 nitrogen and oxygen atoms in total. The molecule has 0 amide bonds. The van der Waals surface area contributed by atoms with Gasteiger partial charge in [-0.1, -0.05) is 32.0 Å². The van der Waals surface area contributed by atoms with E-state index in [1.54, 1.807) is 30.3 Å². The maximum atomic E-state index is 12.2. The van der Waals surface area contributed by atoms with Crippen molar-refractivity contribution in [3.8, 4) is 5.75 Å². The van der Waals surface area contributed by atoms with Gasteiger partial charge in [0.1, 0.15) is 5.75 Å². The lowest BCUT2D eigenvalue weighted by Crippen LogP contribution is -2.12. The van der Waals surface area contributed by atoms with E-state index in [9.17, 15) is 9.59 Å². The van der Waals surface area contributed by atoms with Gasteiger partial charge in [0, 0.05) is 3.57 Å². The Morgan fingerprint density at radius 2 is 1.78 bits per heavy atom. The van der Waals surface area contributed by atoms with Crippen LogP contribution in [0.3, 0.4) is 0 Å². The van der Waals surface area contributed by atoms with Gasteiger partial charge in [0.15, 0.2) is 0 Å². The predicted molar refractivity (Wildman–Crippen MR) is 95.7 cm³/mol. The first kappa shape index (κ1) is 17.5. The fourth-order valence-electron chi connectivity index (χ4n) is 1.80. The Labute approximate surface area is 148 Å². The lowest BCUT2D eigenvalue weighted by Gasteiger charge is -2.09. The molecule has 0 heterocycles. The summed E-state index contributed by atoms with van der Waals surface area (Å²) in [6.07, 6.45) is 0. The predicted octanol–water partition coefficient (Wildman–Crippen LogP) is 4.32. The quantitative estimate of drug-likeness (QED) is 0.408. The van der Waals surface area contributed by atoms with Crippen LogP contribution in [0.5, 0.6) is 5.75 Å². The molecule has 0 bridgehead atoms. The average Bonchev–Trinajstić information content (AvgIpc) is 2.53. The van der Waals surface area contributed by atoms with Crippen molar-refractivity contribution in [1.82, 2.24) is 0 Å². The smallest absolute Gasteiger partial charge is 0.344 e. The third-order valence-corrected chi connectivity index (χ3v) is 3.86. The highest BCUT2D eigenvalue weighted by molar-refractivity contribution is 14.1. The second-order valence-electron chi connectivity index (χ2n) is 5.39. The Hall–Kier alpha value is -1.89. The van der Waals surface area contributed by atoms with Crippen molar-refractivity contribution in [2.75, 3.05) is 6.61 Å². The van der Waals surface area contributed by atoms with Gasteiger partial charge in [-0.3, -0.25) is 0 Å². The summed E-state index contributed by atoms with van der Waals surface area (Å²) in [7, 11) is 0. The number of rotatable bonds is 5. The van der Waals surface area contributed by atoms with Crippen LogP contribution in [0.2, 0.25) is 0 Å². The molecule has 0 aromatic heterocycles. The van der Waals surface area contributed by atoms with Gasteiger partial charge in [0.05, 0.1) is 17.7 Å². The Bertz CT molecular complexity index is 710. The second-order valence-corrected chi connectivity index (χ2v) is 6.55. The van der Waals surface area contributed by atoms with Crippen molar-refractivity contribution < 1.29 is 19.1 Å². The van der Waals surface area contributed by atoms with Crippen LogP contribution in [0.25, 0.3) is 0 Å². The van der Waals surface area contributed by atoms with E-state index in [1.807, 2.05) is 26.0 Å². The van der Waals surface area contributed by atoms with Crippen LogP contribution in [-0.4, -0.2) is 18.5 Å². The van der Waals surface area contributed by atoms with Crippen LogP contribution >= 0.6 is 22.6 Å². The summed E-state index contributed by atoms with van der Waals surface area (Å²) in [5.41, 5.74) is 0.847. The van der Waals surface area contributed by atoms with Gasteiger partial charge in [-0.05, 0) is 58.8 Å². The molecule has 2 rings (SSSR count). The fraction of sp³-hybridized carbons (Fsp3) is 0.222. The molecule has 0 atom stereocenters. The number of hydrogen-bond donors (Lipinski definition) is 0. The van der Waals surface area contributed by atoms with Gasteiger partial charge in [0.25, 0.3) is 0 Å². The Kier molecular flexibility index (Phi) is 6.15. The van der Waals surface area contributed by atoms with Gasteiger partial charge in [0.2, 0.25) is 0 Å². The SMILES string of the molecule is CC(C)COC(=O)c1cccc(OC(=O)c2ccccc2I)c1. The zero-order valence-electron chi connectivity index (χ0n) is 12.9. The molecule has 2 aromatic carbocycles. The Morgan fingerprint density at radius 3 is 2.48 bits per heavy atom. The van der Waals surface area contributed by atoms with Crippen LogP contribution in [0.1, 0.15) is 34.6 Å². The molecule has 0 aliphatic rings. The van der Waals surface area contributed by atoms with Crippen molar-refractivity contribution in [1.29, 1.82) is 0 Å². The number of halogens is 1. The molecule has 0 N–H and O–H groups in total. The molecule has 120 valence electrons. The van der Waals surface area contributed by atoms with Crippen LogP contribution in [-0.2, 0) is 4.74 Å². The largest absolute Gasteiger partial charge is 0.462 e. The topological polar surface area (TPSA) is 52.6 Å². The minimum Gasteiger partial charge on any atom is -0.462 e. The number of carbonyl (C=O) groups excluding carboxylic acids is 2. The molecule has 0 aliphatic carbocycles. The average molecular weight is 424 g/mol. The standard InChI is InChI=1S/C18H17IO4/c1-12(2)11-22-17(20)13-6-5-7-14(10-13)23-18(21)15-8-3-4-9-16(15)19/h3-10,12H,11H2,1-2H3. The van der Waals surface area contributed by atoms with E-state index in [2.05, 4.69) is 22.6 Å². The van der Waals surface area contributed by atoms with Crippen molar-refractivity contribution in [2.24, 2.45) is 5.92 Å². The summed E-state index contributed by atoms with van der Waals surface area (Å²) in [4.78, 5) is 24.1. The number of hydrogen-bond acceptors (Lipinski definition) is 4. The number of benzene rings is 2. The minimum atomic E-state index is -0.456. The van der Waals surface area contributed by atoms with Crippen LogP contribution in [0.15, 0.2) is 48.5 Å². The minimum absolute atomic E-state index is 0.264.